The Hall–Kier alpha value is -2.66. The number of aromatic nitrogens is 1. The molecular weight excluding hydrogens is 349 g/mol. The van der Waals surface area contributed by atoms with E-state index in [2.05, 4.69) is 20.3 Å². The maximum Gasteiger partial charge on any atom is 0.257 e. The Bertz CT molecular complexity index is 926. The lowest BCUT2D eigenvalue weighted by Crippen LogP contribution is -2.35. The Morgan fingerprint density at radius 2 is 1.83 bits per heavy atom. The summed E-state index contributed by atoms with van der Waals surface area (Å²) in [4.78, 5) is 15.7. The molecule has 0 bridgehead atoms. The highest BCUT2D eigenvalue weighted by atomic mass is 32.2. The van der Waals surface area contributed by atoms with Gasteiger partial charge in [0.25, 0.3) is 5.91 Å². The molecule has 2 aromatic rings. The largest absolute Gasteiger partial charge is 0.355 e. The summed E-state index contributed by atoms with van der Waals surface area (Å²) in [5, 5.41) is 4.82. The van der Waals surface area contributed by atoms with E-state index < -0.39 is 33.4 Å². The van der Waals surface area contributed by atoms with Crippen molar-refractivity contribution in [1.82, 2.24) is 9.71 Å². The summed E-state index contributed by atoms with van der Waals surface area (Å²) in [6.45, 7) is -0.0397. The number of fused-ring (bicyclic) bond motifs is 1. The second-order valence-corrected chi connectivity index (χ2v) is 6.52. The third-order valence-corrected chi connectivity index (χ3v) is 4.58. The Balaban J connectivity index is 1.92. The van der Waals surface area contributed by atoms with E-state index in [-0.39, 0.29) is 28.6 Å². The van der Waals surface area contributed by atoms with Gasteiger partial charge < -0.3 is 10.6 Å². The molecular formula is C13H9F3N4O3S. The van der Waals surface area contributed by atoms with Crippen LogP contribution in [0.1, 0.15) is 10.4 Å². The van der Waals surface area contributed by atoms with Crippen molar-refractivity contribution in [2.24, 2.45) is 0 Å². The fraction of sp³-hybridized carbons (Fsp3) is 0.0769. The number of carbonyl (C=O) groups excluding carboxylic acids is 1. The molecule has 1 aliphatic heterocycles. The lowest BCUT2D eigenvalue weighted by atomic mass is 10.2. The van der Waals surface area contributed by atoms with Crippen molar-refractivity contribution in [3.63, 3.8) is 0 Å². The van der Waals surface area contributed by atoms with Gasteiger partial charge >= 0.3 is 0 Å². The highest BCUT2D eigenvalue weighted by Gasteiger charge is 2.25. The maximum atomic E-state index is 13.1. The number of halogens is 3. The molecule has 3 rings (SSSR count). The zero-order valence-corrected chi connectivity index (χ0v) is 12.5. The molecule has 1 aromatic carbocycles. The smallest absolute Gasteiger partial charge is 0.257 e. The minimum atomic E-state index is -3.81. The topological polar surface area (TPSA) is 100 Å². The summed E-state index contributed by atoms with van der Waals surface area (Å²) in [7, 11) is -3.81. The molecule has 7 nitrogen and oxygen atoms in total. The van der Waals surface area contributed by atoms with E-state index in [1.54, 1.807) is 0 Å². The van der Waals surface area contributed by atoms with Gasteiger partial charge in [0.15, 0.2) is 17.5 Å². The summed E-state index contributed by atoms with van der Waals surface area (Å²) in [5.41, 5.74) is -0.485. The maximum absolute atomic E-state index is 13.1. The molecule has 0 aliphatic carbocycles. The lowest BCUT2D eigenvalue weighted by Gasteiger charge is -2.18. The fourth-order valence-electron chi connectivity index (χ4n) is 2.03. The molecule has 2 heterocycles. The molecule has 0 atom stereocenters. The number of hydrogen-bond donors (Lipinski definition) is 3. The summed E-state index contributed by atoms with van der Waals surface area (Å²) in [6, 6.07) is 2.26. The molecule has 0 radical (unpaired) electrons. The summed E-state index contributed by atoms with van der Waals surface area (Å²) < 4.78 is 65.1. The molecule has 0 saturated carbocycles. The Morgan fingerprint density at radius 3 is 2.50 bits per heavy atom. The lowest BCUT2D eigenvalue weighted by molar-refractivity contribution is 0.102. The monoisotopic (exact) mass is 358 g/mol. The highest BCUT2D eigenvalue weighted by Crippen LogP contribution is 2.23. The number of anilines is 2. The van der Waals surface area contributed by atoms with Gasteiger partial charge in [0.05, 0.1) is 12.2 Å². The van der Waals surface area contributed by atoms with Crippen LogP contribution in [-0.4, -0.2) is 26.0 Å². The second kappa shape index (κ2) is 5.76. The summed E-state index contributed by atoms with van der Waals surface area (Å²) in [6.07, 6.45) is 1.10. The average Bonchev–Trinajstić information content (AvgIpc) is 2.52. The minimum absolute atomic E-state index is 0.0397. The first-order valence-electron chi connectivity index (χ1n) is 6.47. The standard InChI is InChI=1S/C13H9F3N4O3S/c14-8-2-7(3-9(15)11(8)16)20-13(21)6-1-10-12(17-4-6)18-5-19-24(10,22)23/h1-4,19H,5H2,(H,17,18)(H,20,21). The molecule has 0 spiro atoms. The Morgan fingerprint density at radius 1 is 1.17 bits per heavy atom. The molecule has 1 aliphatic rings. The van der Waals surface area contributed by atoms with Crippen molar-refractivity contribution < 1.29 is 26.4 Å². The molecule has 0 fully saturated rings. The van der Waals surface area contributed by atoms with Crippen LogP contribution in [0.25, 0.3) is 0 Å². The van der Waals surface area contributed by atoms with Crippen molar-refractivity contribution >= 4 is 27.4 Å². The van der Waals surface area contributed by atoms with Gasteiger partial charge in [-0.25, -0.2) is 26.6 Å². The number of pyridine rings is 1. The zero-order chi connectivity index (χ0) is 17.5. The number of nitrogens with zero attached hydrogens (tertiary/aromatic N) is 1. The number of hydrogen-bond acceptors (Lipinski definition) is 5. The SMILES string of the molecule is O=C(Nc1cc(F)c(F)c(F)c1)c1cnc2c(c1)S(=O)(=O)NCN2. The van der Waals surface area contributed by atoms with Crippen LogP contribution >= 0.6 is 0 Å². The van der Waals surface area contributed by atoms with E-state index in [4.69, 9.17) is 0 Å². The van der Waals surface area contributed by atoms with Crippen LogP contribution in [0.3, 0.4) is 0 Å². The Kier molecular flexibility index (Phi) is 3.89. The Labute approximate surface area is 134 Å². The van der Waals surface area contributed by atoms with Crippen LogP contribution in [0.5, 0.6) is 0 Å². The van der Waals surface area contributed by atoms with E-state index in [0.29, 0.717) is 12.1 Å². The van der Waals surface area contributed by atoms with E-state index in [1.807, 2.05) is 0 Å². The van der Waals surface area contributed by atoms with Crippen molar-refractivity contribution in [3.8, 4) is 0 Å². The third kappa shape index (κ3) is 2.90. The highest BCUT2D eigenvalue weighted by molar-refractivity contribution is 7.89. The van der Waals surface area contributed by atoms with E-state index in [1.165, 1.54) is 0 Å². The van der Waals surface area contributed by atoms with Gasteiger partial charge in [0.2, 0.25) is 10.0 Å². The van der Waals surface area contributed by atoms with Crippen LogP contribution in [0, 0.1) is 17.5 Å². The van der Waals surface area contributed by atoms with E-state index in [9.17, 15) is 26.4 Å². The van der Waals surface area contributed by atoms with E-state index in [0.717, 1.165) is 12.3 Å². The van der Waals surface area contributed by atoms with Crippen molar-refractivity contribution in [2.75, 3.05) is 17.3 Å². The normalized spacial score (nSPS) is 15.3. The molecule has 24 heavy (non-hydrogen) atoms. The summed E-state index contributed by atoms with van der Waals surface area (Å²) in [5.74, 6) is -5.39. The quantitative estimate of drug-likeness (QED) is 0.705. The number of benzene rings is 1. The van der Waals surface area contributed by atoms with Gasteiger partial charge in [0.1, 0.15) is 10.7 Å². The van der Waals surface area contributed by atoms with Gasteiger partial charge in [-0.15, -0.1) is 0 Å². The number of rotatable bonds is 2. The van der Waals surface area contributed by atoms with Crippen molar-refractivity contribution in [2.45, 2.75) is 4.90 Å². The van der Waals surface area contributed by atoms with E-state index >= 15 is 0 Å². The number of nitrogens with one attached hydrogen (secondary N) is 3. The predicted molar refractivity (Wildman–Crippen MR) is 77.3 cm³/mol. The van der Waals surface area contributed by atoms with Gasteiger partial charge in [-0.05, 0) is 6.07 Å². The predicted octanol–water partition coefficient (Wildman–Crippen LogP) is 1.41. The number of carbonyl (C=O) groups is 1. The summed E-state index contributed by atoms with van der Waals surface area (Å²) >= 11 is 0. The van der Waals surface area contributed by atoms with Gasteiger partial charge in [-0.1, -0.05) is 0 Å². The van der Waals surface area contributed by atoms with Crippen LogP contribution in [0.15, 0.2) is 29.3 Å². The molecule has 0 saturated heterocycles. The minimum Gasteiger partial charge on any atom is -0.355 e. The van der Waals surface area contributed by atoms with Crippen LogP contribution in [0.2, 0.25) is 0 Å². The van der Waals surface area contributed by atoms with Crippen LogP contribution in [0.4, 0.5) is 24.7 Å². The van der Waals surface area contributed by atoms with Gasteiger partial charge in [0, 0.05) is 24.0 Å². The fourth-order valence-corrected chi connectivity index (χ4v) is 3.11. The first kappa shape index (κ1) is 16.2. The molecule has 0 unspecified atom stereocenters. The number of sulfonamides is 1. The molecule has 3 N–H and O–H groups in total. The molecule has 11 heteroatoms. The zero-order valence-electron chi connectivity index (χ0n) is 11.7. The molecule has 126 valence electrons. The van der Waals surface area contributed by atoms with Gasteiger partial charge in [-0.2, -0.15) is 4.72 Å². The van der Waals surface area contributed by atoms with Gasteiger partial charge in [-0.3, -0.25) is 4.79 Å². The molecule has 1 amide bonds. The third-order valence-electron chi connectivity index (χ3n) is 3.16. The van der Waals surface area contributed by atoms with Crippen LogP contribution in [-0.2, 0) is 10.0 Å². The first-order valence-corrected chi connectivity index (χ1v) is 7.96. The molecule has 1 aromatic heterocycles. The average molecular weight is 358 g/mol. The first-order chi connectivity index (χ1) is 11.3. The second-order valence-electron chi connectivity index (χ2n) is 4.78. The van der Waals surface area contributed by atoms with Crippen LogP contribution < -0.4 is 15.4 Å². The van der Waals surface area contributed by atoms with Crippen molar-refractivity contribution in [1.29, 1.82) is 0 Å². The number of amides is 1. The van der Waals surface area contributed by atoms with Crippen molar-refractivity contribution in [3.05, 3.63) is 47.4 Å².